The number of aromatic hydroxyl groups is 1. The Morgan fingerprint density at radius 2 is 1.89 bits per heavy atom. The van der Waals surface area contributed by atoms with Crippen molar-refractivity contribution in [3.63, 3.8) is 0 Å². The first-order chi connectivity index (χ1) is 8.69. The number of phenolic OH excluding ortho intramolecular Hbond substituents is 1. The van der Waals surface area contributed by atoms with Crippen LogP contribution >= 0.6 is 0 Å². The maximum absolute atomic E-state index is 9.46. The SMILES string of the molecule is Cc1cccc(NC(CO)c2cccc(O)c2)c1. The maximum atomic E-state index is 9.46. The van der Waals surface area contributed by atoms with Crippen molar-refractivity contribution in [1.29, 1.82) is 0 Å². The van der Waals surface area contributed by atoms with Crippen LogP contribution in [0.4, 0.5) is 5.69 Å². The minimum absolute atomic E-state index is 0.0304. The van der Waals surface area contributed by atoms with Crippen LogP contribution in [0.5, 0.6) is 5.75 Å². The van der Waals surface area contributed by atoms with E-state index in [2.05, 4.69) is 5.32 Å². The normalized spacial score (nSPS) is 12.1. The van der Waals surface area contributed by atoms with Crippen LogP contribution in [0.3, 0.4) is 0 Å². The molecule has 0 aromatic heterocycles. The van der Waals surface area contributed by atoms with Crippen LogP contribution in [-0.2, 0) is 0 Å². The largest absolute Gasteiger partial charge is 0.508 e. The summed E-state index contributed by atoms with van der Waals surface area (Å²) in [5, 5.41) is 22.2. The van der Waals surface area contributed by atoms with E-state index in [4.69, 9.17) is 0 Å². The van der Waals surface area contributed by atoms with E-state index in [1.807, 2.05) is 37.3 Å². The number of aliphatic hydroxyl groups is 1. The molecule has 18 heavy (non-hydrogen) atoms. The van der Waals surface area contributed by atoms with Gasteiger partial charge in [0.05, 0.1) is 12.6 Å². The van der Waals surface area contributed by atoms with E-state index >= 15 is 0 Å². The zero-order chi connectivity index (χ0) is 13.0. The Kier molecular flexibility index (Phi) is 3.85. The highest BCUT2D eigenvalue weighted by molar-refractivity contribution is 5.48. The number of rotatable bonds is 4. The molecule has 3 heteroatoms. The molecule has 1 unspecified atom stereocenters. The highest BCUT2D eigenvalue weighted by atomic mass is 16.3. The lowest BCUT2D eigenvalue weighted by molar-refractivity contribution is 0.276. The Hall–Kier alpha value is -2.00. The van der Waals surface area contributed by atoms with E-state index in [0.29, 0.717) is 0 Å². The molecule has 0 radical (unpaired) electrons. The van der Waals surface area contributed by atoms with Crippen LogP contribution in [0, 0.1) is 6.92 Å². The molecule has 0 spiro atoms. The zero-order valence-electron chi connectivity index (χ0n) is 10.3. The molecule has 2 aromatic rings. The van der Waals surface area contributed by atoms with Crippen LogP contribution < -0.4 is 5.32 Å². The van der Waals surface area contributed by atoms with Crippen molar-refractivity contribution >= 4 is 5.69 Å². The van der Waals surface area contributed by atoms with Gasteiger partial charge in [0.25, 0.3) is 0 Å². The molecule has 2 aromatic carbocycles. The van der Waals surface area contributed by atoms with Crippen molar-refractivity contribution in [1.82, 2.24) is 0 Å². The van der Waals surface area contributed by atoms with Gasteiger partial charge in [-0.05, 0) is 42.3 Å². The smallest absolute Gasteiger partial charge is 0.115 e. The van der Waals surface area contributed by atoms with E-state index in [9.17, 15) is 10.2 Å². The fraction of sp³-hybridized carbons (Fsp3) is 0.200. The van der Waals surface area contributed by atoms with Crippen LogP contribution in [0.15, 0.2) is 48.5 Å². The first-order valence-corrected chi connectivity index (χ1v) is 5.92. The maximum Gasteiger partial charge on any atom is 0.115 e. The second-order valence-electron chi connectivity index (χ2n) is 4.34. The van der Waals surface area contributed by atoms with Gasteiger partial charge in [-0.15, -0.1) is 0 Å². The Morgan fingerprint density at radius 3 is 2.56 bits per heavy atom. The van der Waals surface area contributed by atoms with Gasteiger partial charge in [-0.25, -0.2) is 0 Å². The van der Waals surface area contributed by atoms with Crippen molar-refractivity contribution in [3.8, 4) is 5.75 Å². The molecule has 0 aliphatic heterocycles. The first kappa shape index (κ1) is 12.5. The molecule has 0 aliphatic carbocycles. The van der Waals surface area contributed by atoms with Crippen molar-refractivity contribution in [3.05, 3.63) is 59.7 Å². The van der Waals surface area contributed by atoms with Gasteiger partial charge < -0.3 is 15.5 Å². The number of hydrogen-bond donors (Lipinski definition) is 3. The van der Waals surface area contributed by atoms with Crippen molar-refractivity contribution < 1.29 is 10.2 Å². The van der Waals surface area contributed by atoms with Gasteiger partial charge in [-0.3, -0.25) is 0 Å². The molecule has 94 valence electrons. The molecule has 3 N–H and O–H groups in total. The summed E-state index contributed by atoms with van der Waals surface area (Å²) in [6.07, 6.45) is 0. The highest BCUT2D eigenvalue weighted by Crippen LogP contribution is 2.22. The average Bonchev–Trinajstić information content (AvgIpc) is 2.36. The molecule has 0 amide bonds. The molecular weight excluding hydrogens is 226 g/mol. The summed E-state index contributed by atoms with van der Waals surface area (Å²) in [6, 6.07) is 14.7. The Balaban J connectivity index is 2.19. The lowest BCUT2D eigenvalue weighted by atomic mass is 10.1. The lowest BCUT2D eigenvalue weighted by Gasteiger charge is -2.18. The lowest BCUT2D eigenvalue weighted by Crippen LogP contribution is -2.14. The van der Waals surface area contributed by atoms with E-state index in [1.54, 1.807) is 18.2 Å². The van der Waals surface area contributed by atoms with Crippen LogP contribution in [0.25, 0.3) is 0 Å². The third-order valence-electron chi connectivity index (χ3n) is 2.81. The van der Waals surface area contributed by atoms with Gasteiger partial charge in [0.2, 0.25) is 0 Å². The number of anilines is 1. The number of phenols is 1. The van der Waals surface area contributed by atoms with Crippen LogP contribution in [-0.4, -0.2) is 16.8 Å². The van der Waals surface area contributed by atoms with Gasteiger partial charge in [-0.2, -0.15) is 0 Å². The molecule has 3 nitrogen and oxygen atoms in total. The monoisotopic (exact) mass is 243 g/mol. The van der Waals surface area contributed by atoms with E-state index in [1.165, 1.54) is 0 Å². The summed E-state index contributed by atoms with van der Waals surface area (Å²) in [5.74, 6) is 0.206. The van der Waals surface area contributed by atoms with E-state index < -0.39 is 0 Å². The molecule has 0 saturated heterocycles. The van der Waals surface area contributed by atoms with Crippen molar-refractivity contribution in [2.24, 2.45) is 0 Å². The Labute approximate surface area is 107 Å². The number of aliphatic hydroxyl groups excluding tert-OH is 1. The summed E-state index contributed by atoms with van der Waals surface area (Å²) in [6.45, 7) is 1.99. The third kappa shape index (κ3) is 3.02. The summed E-state index contributed by atoms with van der Waals surface area (Å²) < 4.78 is 0. The van der Waals surface area contributed by atoms with Gasteiger partial charge >= 0.3 is 0 Å². The molecule has 0 bridgehead atoms. The molecule has 1 atom stereocenters. The fourth-order valence-electron chi connectivity index (χ4n) is 1.91. The highest BCUT2D eigenvalue weighted by Gasteiger charge is 2.10. The van der Waals surface area contributed by atoms with Crippen molar-refractivity contribution in [2.75, 3.05) is 11.9 Å². The predicted molar refractivity (Wildman–Crippen MR) is 72.7 cm³/mol. The van der Waals surface area contributed by atoms with Gasteiger partial charge in [0.15, 0.2) is 0 Å². The van der Waals surface area contributed by atoms with E-state index in [0.717, 1.165) is 16.8 Å². The second-order valence-corrected chi connectivity index (χ2v) is 4.34. The van der Waals surface area contributed by atoms with Gasteiger partial charge in [0, 0.05) is 5.69 Å². The Bertz CT molecular complexity index is 525. The standard InChI is InChI=1S/C15H17NO2/c1-11-4-2-6-13(8-11)16-15(10-17)12-5-3-7-14(18)9-12/h2-9,15-18H,10H2,1H3. The molecule has 0 fully saturated rings. The second kappa shape index (κ2) is 5.56. The molecule has 0 saturated carbocycles. The minimum Gasteiger partial charge on any atom is -0.508 e. The zero-order valence-corrected chi connectivity index (χ0v) is 10.3. The quantitative estimate of drug-likeness (QED) is 0.774. The summed E-state index contributed by atoms with van der Waals surface area (Å²) in [7, 11) is 0. The van der Waals surface area contributed by atoms with Crippen LogP contribution in [0.1, 0.15) is 17.2 Å². The van der Waals surface area contributed by atoms with Crippen molar-refractivity contribution in [2.45, 2.75) is 13.0 Å². The molecule has 2 rings (SSSR count). The third-order valence-corrected chi connectivity index (χ3v) is 2.81. The topological polar surface area (TPSA) is 52.5 Å². The van der Waals surface area contributed by atoms with Crippen LogP contribution in [0.2, 0.25) is 0 Å². The summed E-state index contributed by atoms with van der Waals surface area (Å²) >= 11 is 0. The first-order valence-electron chi connectivity index (χ1n) is 5.92. The Morgan fingerprint density at radius 1 is 1.11 bits per heavy atom. The predicted octanol–water partition coefficient (Wildman–Crippen LogP) is 2.85. The van der Waals surface area contributed by atoms with E-state index in [-0.39, 0.29) is 18.4 Å². The molecule has 0 aliphatic rings. The number of hydrogen-bond acceptors (Lipinski definition) is 3. The number of benzene rings is 2. The number of aryl methyl sites for hydroxylation is 1. The minimum atomic E-state index is -0.223. The number of nitrogens with one attached hydrogen (secondary N) is 1. The fourth-order valence-corrected chi connectivity index (χ4v) is 1.91. The summed E-state index contributed by atoms with van der Waals surface area (Å²) in [5.41, 5.74) is 2.98. The molecular formula is C15H17NO2. The van der Waals surface area contributed by atoms with Gasteiger partial charge in [0.1, 0.15) is 5.75 Å². The average molecular weight is 243 g/mol. The molecule has 0 heterocycles. The van der Waals surface area contributed by atoms with Gasteiger partial charge in [-0.1, -0.05) is 24.3 Å². The summed E-state index contributed by atoms with van der Waals surface area (Å²) in [4.78, 5) is 0.